The smallest absolute Gasteiger partial charge is 0.0628 e. The van der Waals surface area contributed by atoms with E-state index in [9.17, 15) is 0 Å². The lowest BCUT2D eigenvalue weighted by atomic mass is 10.0. The standard InChI is InChI=1S/C11H12N2S/c1-2-9-7-11(14-8-9)10(3-5-12)4-6-13/h7-8,10H,2-4H2,1H3. The second kappa shape index (κ2) is 5.42. The summed E-state index contributed by atoms with van der Waals surface area (Å²) in [6, 6.07) is 6.38. The molecule has 0 radical (unpaired) electrons. The van der Waals surface area contributed by atoms with Crippen LogP contribution >= 0.6 is 11.3 Å². The van der Waals surface area contributed by atoms with Gasteiger partial charge in [0.2, 0.25) is 0 Å². The van der Waals surface area contributed by atoms with Crippen molar-refractivity contribution in [3.63, 3.8) is 0 Å². The summed E-state index contributed by atoms with van der Waals surface area (Å²) in [6.45, 7) is 2.11. The van der Waals surface area contributed by atoms with Gasteiger partial charge in [-0.2, -0.15) is 10.5 Å². The Morgan fingerprint density at radius 2 is 2.00 bits per heavy atom. The number of hydrogen-bond donors (Lipinski definition) is 0. The minimum Gasteiger partial charge on any atom is -0.198 e. The van der Waals surface area contributed by atoms with E-state index < -0.39 is 0 Å². The van der Waals surface area contributed by atoms with Crippen molar-refractivity contribution >= 4 is 11.3 Å². The number of thiophene rings is 1. The first-order valence-corrected chi connectivity index (χ1v) is 5.51. The van der Waals surface area contributed by atoms with Gasteiger partial charge in [0.05, 0.1) is 12.1 Å². The molecule has 1 heterocycles. The van der Waals surface area contributed by atoms with Crippen LogP contribution in [-0.4, -0.2) is 0 Å². The first-order chi connectivity index (χ1) is 6.81. The van der Waals surface area contributed by atoms with Crippen LogP contribution in [-0.2, 0) is 6.42 Å². The van der Waals surface area contributed by atoms with Crippen molar-refractivity contribution in [1.29, 1.82) is 10.5 Å². The summed E-state index contributed by atoms with van der Waals surface area (Å²) < 4.78 is 0. The molecule has 0 unspecified atom stereocenters. The second-order valence-electron chi connectivity index (χ2n) is 3.13. The molecule has 0 aliphatic heterocycles. The van der Waals surface area contributed by atoms with E-state index in [0.717, 1.165) is 6.42 Å². The molecule has 0 N–H and O–H groups in total. The van der Waals surface area contributed by atoms with Crippen molar-refractivity contribution in [1.82, 2.24) is 0 Å². The number of hydrogen-bond acceptors (Lipinski definition) is 3. The fourth-order valence-electron chi connectivity index (χ4n) is 1.29. The molecule has 14 heavy (non-hydrogen) atoms. The third-order valence-electron chi connectivity index (χ3n) is 2.16. The van der Waals surface area contributed by atoms with Gasteiger partial charge in [-0.05, 0) is 23.4 Å². The van der Waals surface area contributed by atoms with Gasteiger partial charge in [0.15, 0.2) is 0 Å². The lowest BCUT2D eigenvalue weighted by Gasteiger charge is -2.05. The highest BCUT2D eigenvalue weighted by Crippen LogP contribution is 2.28. The zero-order chi connectivity index (χ0) is 10.4. The van der Waals surface area contributed by atoms with Crippen LogP contribution in [0.2, 0.25) is 0 Å². The fourth-order valence-corrected chi connectivity index (χ4v) is 2.39. The van der Waals surface area contributed by atoms with E-state index in [1.54, 1.807) is 11.3 Å². The van der Waals surface area contributed by atoms with Crippen molar-refractivity contribution in [2.75, 3.05) is 0 Å². The van der Waals surface area contributed by atoms with E-state index in [4.69, 9.17) is 10.5 Å². The van der Waals surface area contributed by atoms with Crippen molar-refractivity contribution in [2.24, 2.45) is 0 Å². The summed E-state index contributed by atoms with van der Waals surface area (Å²) in [5, 5.41) is 19.4. The highest BCUT2D eigenvalue weighted by atomic mass is 32.1. The van der Waals surface area contributed by atoms with Gasteiger partial charge >= 0.3 is 0 Å². The summed E-state index contributed by atoms with van der Waals surface area (Å²) in [7, 11) is 0. The molecule has 0 aliphatic carbocycles. The predicted octanol–water partition coefficient (Wildman–Crippen LogP) is 3.22. The van der Waals surface area contributed by atoms with Crippen LogP contribution in [0.3, 0.4) is 0 Å². The van der Waals surface area contributed by atoms with Gasteiger partial charge in [-0.3, -0.25) is 0 Å². The quantitative estimate of drug-likeness (QED) is 0.756. The molecule has 1 aromatic heterocycles. The van der Waals surface area contributed by atoms with Gasteiger partial charge in [-0.1, -0.05) is 6.92 Å². The maximum absolute atomic E-state index is 8.63. The Bertz CT molecular complexity index is 351. The summed E-state index contributed by atoms with van der Waals surface area (Å²) in [4.78, 5) is 1.17. The van der Waals surface area contributed by atoms with Crippen molar-refractivity contribution < 1.29 is 0 Å². The Morgan fingerprint density at radius 3 is 2.43 bits per heavy atom. The van der Waals surface area contributed by atoms with Crippen molar-refractivity contribution in [3.8, 4) is 12.1 Å². The molecule has 0 bridgehead atoms. The van der Waals surface area contributed by atoms with E-state index in [0.29, 0.717) is 12.8 Å². The minimum absolute atomic E-state index is 0.107. The first-order valence-electron chi connectivity index (χ1n) is 4.63. The average molecular weight is 204 g/mol. The third-order valence-corrected chi connectivity index (χ3v) is 3.30. The van der Waals surface area contributed by atoms with Crippen LogP contribution < -0.4 is 0 Å². The Balaban J connectivity index is 2.78. The Hall–Kier alpha value is -1.32. The first kappa shape index (κ1) is 10.8. The van der Waals surface area contributed by atoms with Gasteiger partial charge in [0.25, 0.3) is 0 Å². The molecule has 1 rings (SSSR count). The number of nitrogens with zero attached hydrogens (tertiary/aromatic N) is 2. The maximum atomic E-state index is 8.63. The van der Waals surface area contributed by atoms with Gasteiger partial charge < -0.3 is 0 Å². The molecule has 0 amide bonds. The maximum Gasteiger partial charge on any atom is 0.0628 e. The number of nitriles is 2. The highest BCUT2D eigenvalue weighted by Gasteiger charge is 2.12. The van der Waals surface area contributed by atoms with Crippen LogP contribution in [0.5, 0.6) is 0 Å². The molecule has 0 saturated carbocycles. The van der Waals surface area contributed by atoms with Gasteiger partial charge in [-0.15, -0.1) is 11.3 Å². The third kappa shape index (κ3) is 2.58. The van der Waals surface area contributed by atoms with Crippen molar-refractivity contribution in [2.45, 2.75) is 32.1 Å². The Morgan fingerprint density at radius 1 is 1.36 bits per heavy atom. The minimum atomic E-state index is 0.107. The lowest BCUT2D eigenvalue weighted by molar-refractivity contribution is 0.740. The molecule has 3 heteroatoms. The second-order valence-corrected chi connectivity index (χ2v) is 4.08. The molecule has 0 spiro atoms. The number of rotatable bonds is 4. The molecule has 72 valence electrons. The zero-order valence-electron chi connectivity index (χ0n) is 8.16. The largest absolute Gasteiger partial charge is 0.198 e. The zero-order valence-corrected chi connectivity index (χ0v) is 8.97. The molecule has 1 aromatic rings. The molecule has 0 aromatic carbocycles. The normalized spacial score (nSPS) is 9.71. The topological polar surface area (TPSA) is 47.6 Å². The molecule has 0 fully saturated rings. The molecule has 2 nitrogen and oxygen atoms in total. The van der Waals surface area contributed by atoms with Crippen LogP contribution in [0.1, 0.15) is 36.1 Å². The van der Waals surface area contributed by atoms with E-state index in [2.05, 4.69) is 30.5 Å². The van der Waals surface area contributed by atoms with Gasteiger partial charge in [0.1, 0.15) is 0 Å². The van der Waals surface area contributed by atoms with Crippen LogP contribution in [0.25, 0.3) is 0 Å². The fraction of sp³-hybridized carbons (Fsp3) is 0.455. The molecular formula is C11H12N2S. The summed E-state index contributed by atoms with van der Waals surface area (Å²) in [6.07, 6.45) is 1.90. The van der Waals surface area contributed by atoms with Gasteiger partial charge in [0, 0.05) is 23.6 Å². The summed E-state index contributed by atoms with van der Waals surface area (Å²) >= 11 is 1.66. The average Bonchev–Trinajstić information content (AvgIpc) is 2.65. The summed E-state index contributed by atoms with van der Waals surface area (Å²) in [5.41, 5.74) is 1.30. The van der Waals surface area contributed by atoms with E-state index >= 15 is 0 Å². The van der Waals surface area contributed by atoms with E-state index in [-0.39, 0.29) is 5.92 Å². The van der Waals surface area contributed by atoms with E-state index in [1.807, 2.05) is 0 Å². The highest BCUT2D eigenvalue weighted by molar-refractivity contribution is 7.10. The molecule has 0 saturated heterocycles. The molecular weight excluding hydrogens is 192 g/mol. The van der Waals surface area contributed by atoms with Crippen molar-refractivity contribution in [3.05, 3.63) is 21.9 Å². The monoisotopic (exact) mass is 204 g/mol. The van der Waals surface area contributed by atoms with Crippen LogP contribution in [0, 0.1) is 22.7 Å². The van der Waals surface area contributed by atoms with Gasteiger partial charge in [-0.25, -0.2) is 0 Å². The Labute approximate surface area is 88.4 Å². The SMILES string of the molecule is CCc1csc(C(CC#N)CC#N)c1. The molecule has 0 atom stereocenters. The molecule has 0 aliphatic rings. The Kier molecular flexibility index (Phi) is 4.16. The predicted molar refractivity (Wildman–Crippen MR) is 56.9 cm³/mol. The number of aryl methyl sites for hydroxylation is 1. The van der Waals surface area contributed by atoms with Crippen LogP contribution in [0.15, 0.2) is 11.4 Å². The van der Waals surface area contributed by atoms with Crippen LogP contribution in [0.4, 0.5) is 0 Å². The lowest BCUT2D eigenvalue weighted by Crippen LogP contribution is -1.93. The summed E-state index contributed by atoms with van der Waals surface area (Å²) in [5.74, 6) is 0.107. The van der Waals surface area contributed by atoms with E-state index in [1.165, 1.54) is 10.4 Å².